The molecule has 3 unspecified atom stereocenters. The molecule has 3 aliphatic carbocycles. The number of hydrogen-bond acceptors (Lipinski definition) is 3. The lowest BCUT2D eigenvalue weighted by Crippen LogP contribution is -2.39. The molecule has 0 bridgehead atoms. The van der Waals surface area contributed by atoms with Gasteiger partial charge in [0.25, 0.3) is 0 Å². The van der Waals surface area contributed by atoms with Crippen LogP contribution in [0.4, 0.5) is 10.5 Å². The molecule has 2 saturated carbocycles. The number of hydrogen-bond donors (Lipinski definition) is 2. The molecule has 2 N–H and O–H groups in total. The van der Waals surface area contributed by atoms with Crippen LogP contribution in [0, 0.1) is 22.7 Å². The Balaban J connectivity index is 1.71. The molecule has 0 radical (unpaired) electrons. The first kappa shape index (κ1) is 20.2. The van der Waals surface area contributed by atoms with Gasteiger partial charge in [0.2, 0.25) is 5.91 Å². The van der Waals surface area contributed by atoms with Gasteiger partial charge < -0.3 is 15.2 Å². The standard InChI is InChI=1S/C24H33NO4/c1-23(2,3)21(26)25-19-13-17-14(12-20(19)29-22(27)28)7-8-16-15(17)9-11-24(4)10-5-6-18(16)24/h12-13,15-16,18H,5-11H2,1-4H3,(H,25,26)(H,27,28)/t15?,16?,18?,24-/m0/s1. The zero-order chi connectivity index (χ0) is 21.0. The van der Waals surface area contributed by atoms with Crippen molar-refractivity contribution in [1.29, 1.82) is 0 Å². The van der Waals surface area contributed by atoms with Crippen LogP contribution in [0.2, 0.25) is 0 Å². The number of benzene rings is 1. The summed E-state index contributed by atoms with van der Waals surface area (Å²) in [6.07, 6.45) is 7.23. The number of ether oxygens (including phenoxy) is 1. The van der Waals surface area contributed by atoms with Crippen LogP contribution in [-0.2, 0) is 11.2 Å². The zero-order valence-corrected chi connectivity index (χ0v) is 18.0. The number of carbonyl (C=O) groups excluding carboxylic acids is 1. The Bertz CT molecular complexity index is 840. The van der Waals surface area contributed by atoms with Gasteiger partial charge in [-0.3, -0.25) is 4.79 Å². The third-order valence-electron chi connectivity index (χ3n) is 7.73. The SMILES string of the molecule is CC(C)(C)C(=O)Nc1cc2c(cc1OC(=O)O)CCC1C2CC[C@]2(C)CCCC12. The van der Waals surface area contributed by atoms with Gasteiger partial charge in [-0.1, -0.05) is 34.1 Å². The maximum absolute atomic E-state index is 12.6. The van der Waals surface area contributed by atoms with Gasteiger partial charge in [0, 0.05) is 5.41 Å². The molecule has 0 heterocycles. The molecule has 3 aliphatic rings. The summed E-state index contributed by atoms with van der Waals surface area (Å²) in [6.45, 7) is 8.01. The molecule has 5 nitrogen and oxygen atoms in total. The Hall–Kier alpha value is -2.04. The molecular formula is C24H33NO4. The number of rotatable bonds is 2. The molecule has 1 aromatic carbocycles. The van der Waals surface area contributed by atoms with Gasteiger partial charge in [-0.05, 0) is 85.0 Å². The number of fused-ring (bicyclic) bond motifs is 5. The minimum absolute atomic E-state index is 0.146. The predicted octanol–water partition coefficient (Wildman–Crippen LogP) is 5.97. The van der Waals surface area contributed by atoms with Crippen LogP contribution in [0.5, 0.6) is 5.75 Å². The van der Waals surface area contributed by atoms with Crippen molar-refractivity contribution < 1.29 is 19.4 Å². The predicted molar refractivity (Wildman–Crippen MR) is 112 cm³/mol. The van der Waals surface area contributed by atoms with E-state index in [2.05, 4.69) is 12.2 Å². The van der Waals surface area contributed by atoms with Crippen LogP contribution in [0.15, 0.2) is 12.1 Å². The van der Waals surface area contributed by atoms with Crippen LogP contribution < -0.4 is 10.1 Å². The number of carboxylic acid groups (broad SMARTS) is 1. The summed E-state index contributed by atoms with van der Waals surface area (Å²) in [5.74, 6) is 2.07. The summed E-state index contributed by atoms with van der Waals surface area (Å²) < 4.78 is 5.05. The van der Waals surface area contributed by atoms with Crippen molar-refractivity contribution in [2.24, 2.45) is 22.7 Å². The fourth-order valence-electron chi connectivity index (χ4n) is 6.18. The van der Waals surface area contributed by atoms with Crippen molar-refractivity contribution in [1.82, 2.24) is 0 Å². The van der Waals surface area contributed by atoms with E-state index >= 15 is 0 Å². The summed E-state index contributed by atoms with van der Waals surface area (Å²) in [5.41, 5.74) is 2.87. The second-order valence-electron chi connectivity index (χ2n) is 10.6. The van der Waals surface area contributed by atoms with Crippen LogP contribution in [0.3, 0.4) is 0 Å². The molecule has 4 atom stereocenters. The fourth-order valence-corrected chi connectivity index (χ4v) is 6.18. The molecule has 0 aliphatic heterocycles. The fraction of sp³-hybridized carbons (Fsp3) is 0.667. The van der Waals surface area contributed by atoms with E-state index in [1.807, 2.05) is 32.9 Å². The Labute approximate surface area is 173 Å². The van der Waals surface area contributed by atoms with Crippen molar-refractivity contribution in [2.75, 3.05) is 5.32 Å². The number of anilines is 1. The lowest BCUT2D eigenvalue weighted by Gasteiger charge is -2.49. The van der Waals surface area contributed by atoms with Crippen LogP contribution in [0.1, 0.15) is 83.3 Å². The third-order valence-corrected chi connectivity index (χ3v) is 7.73. The molecule has 0 aromatic heterocycles. The summed E-state index contributed by atoms with van der Waals surface area (Å²) in [6, 6.07) is 3.85. The monoisotopic (exact) mass is 399 g/mol. The number of nitrogens with one attached hydrogen (secondary N) is 1. The molecular weight excluding hydrogens is 366 g/mol. The van der Waals surface area contributed by atoms with E-state index in [9.17, 15) is 14.7 Å². The first-order valence-corrected chi connectivity index (χ1v) is 11.0. The minimum Gasteiger partial charge on any atom is -0.449 e. The van der Waals surface area contributed by atoms with Gasteiger partial charge in [0.05, 0.1) is 5.69 Å². The Kier molecular flexibility index (Phi) is 4.91. The topological polar surface area (TPSA) is 75.6 Å². The highest BCUT2D eigenvalue weighted by Crippen LogP contribution is 2.61. The molecule has 1 amide bonds. The largest absolute Gasteiger partial charge is 0.511 e. The van der Waals surface area contributed by atoms with E-state index in [0.717, 1.165) is 18.8 Å². The molecule has 158 valence electrons. The molecule has 29 heavy (non-hydrogen) atoms. The van der Waals surface area contributed by atoms with Gasteiger partial charge in [-0.25, -0.2) is 4.79 Å². The summed E-state index contributed by atoms with van der Waals surface area (Å²) in [7, 11) is 0. The van der Waals surface area contributed by atoms with Crippen molar-refractivity contribution in [3.63, 3.8) is 0 Å². The summed E-state index contributed by atoms with van der Waals surface area (Å²) >= 11 is 0. The zero-order valence-electron chi connectivity index (χ0n) is 18.0. The van der Waals surface area contributed by atoms with Crippen LogP contribution in [0.25, 0.3) is 0 Å². The average Bonchev–Trinajstić information content (AvgIpc) is 3.02. The van der Waals surface area contributed by atoms with Gasteiger partial charge >= 0.3 is 6.16 Å². The maximum Gasteiger partial charge on any atom is 0.511 e. The highest BCUT2D eigenvalue weighted by molar-refractivity contribution is 5.96. The van der Waals surface area contributed by atoms with Gasteiger partial charge in [0.15, 0.2) is 5.75 Å². The molecule has 0 saturated heterocycles. The number of carbonyl (C=O) groups is 2. The summed E-state index contributed by atoms with van der Waals surface area (Å²) in [4.78, 5) is 23.8. The van der Waals surface area contributed by atoms with Gasteiger partial charge in [0.1, 0.15) is 0 Å². The normalized spacial score (nSPS) is 30.7. The lowest BCUT2D eigenvalue weighted by atomic mass is 9.56. The van der Waals surface area contributed by atoms with E-state index in [1.165, 1.54) is 43.2 Å². The van der Waals surface area contributed by atoms with E-state index in [4.69, 9.17) is 4.74 Å². The Morgan fingerprint density at radius 1 is 1.17 bits per heavy atom. The second-order valence-corrected chi connectivity index (χ2v) is 10.6. The molecule has 4 rings (SSSR count). The summed E-state index contributed by atoms with van der Waals surface area (Å²) in [5, 5.41) is 12.1. The van der Waals surface area contributed by atoms with Crippen LogP contribution >= 0.6 is 0 Å². The first-order chi connectivity index (χ1) is 13.6. The molecule has 2 fully saturated rings. The van der Waals surface area contributed by atoms with E-state index in [0.29, 0.717) is 22.9 Å². The second kappa shape index (κ2) is 7.03. The lowest BCUT2D eigenvalue weighted by molar-refractivity contribution is -0.123. The van der Waals surface area contributed by atoms with Gasteiger partial charge in [-0.2, -0.15) is 0 Å². The minimum atomic E-state index is -1.36. The molecule has 5 heteroatoms. The maximum atomic E-state index is 12.6. The van der Waals surface area contributed by atoms with Crippen LogP contribution in [-0.4, -0.2) is 17.2 Å². The third kappa shape index (κ3) is 3.64. The van der Waals surface area contributed by atoms with Crippen molar-refractivity contribution in [2.45, 2.75) is 78.6 Å². The van der Waals surface area contributed by atoms with Crippen molar-refractivity contribution in [3.05, 3.63) is 23.3 Å². The number of amides is 1. The first-order valence-electron chi connectivity index (χ1n) is 11.0. The Morgan fingerprint density at radius 3 is 2.62 bits per heavy atom. The van der Waals surface area contributed by atoms with Crippen molar-refractivity contribution >= 4 is 17.7 Å². The van der Waals surface area contributed by atoms with E-state index in [1.54, 1.807) is 0 Å². The molecule has 0 spiro atoms. The smallest absolute Gasteiger partial charge is 0.449 e. The quantitative estimate of drug-likeness (QED) is 0.474. The van der Waals surface area contributed by atoms with Crippen molar-refractivity contribution in [3.8, 4) is 5.75 Å². The van der Waals surface area contributed by atoms with E-state index in [-0.39, 0.29) is 11.7 Å². The average molecular weight is 400 g/mol. The molecule has 1 aromatic rings. The highest BCUT2D eigenvalue weighted by Gasteiger charge is 2.50. The van der Waals surface area contributed by atoms with E-state index < -0.39 is 11.6 Å². The Morgan fingerprint density at radius 2 is 1.93 bits per heavy atom. The van der Waals surface area contributed by atoms with Gasteiger partial charge in [-0.15, -0.1) is 0 Å². The highest BCUT2D eigenvalue weighted by atomic mass is 16.7. The number of aryl methyl sites for hydroxylation is 1.